The summed E-state index contributed by atoms with van der Waals surface area (Å²) in [5.41, 5.74) is 3.56. The summed E-state index contributed by atoms with van der Waals surface area (Å²) in [4.78, 5) is 4.67. The van der Waals surface area contributed by atoms with Gasteiger partial charge in [-0.15, -0.1) is 24.0 Å². The van der Waals surface area contributed by atoms with Crippen LogP contribution in [0.3, 0.4) is 0 Å². The highest BCUT2D eigenvalue weighted by atomic mass is 127. The molecule has 0 spiro atoms. The molecule has 0 aliphatic rings. The van der Waals surface area contributed by atoms with Gasteiger partial charge in [0.05, 0.1) is 20.3 Å². The molecular formula is C21H30IN3O2. The lowest BCUT2D eigenvalue weighted by atomic mass is 10.1. The van der Waals surface area contributed by atoms with E-state index in [4.69, 9.17) is 9.47 Å². The molecule has 2 N–H and O–H groups in total. The minimum Gasteiger partial charge on any atom is -0.493 e. The SMILES string of the molecule is CCNC(=NCc1ccc(OC)c(OCC)c1)NCc1ccc(C)cc1.I. The zero-order valence-electron chi connectivity index (χ0n) is 16.5. The number of halogens is 1. The van der Waals surface area contributed by atoms with Gasteiger partial charge in [-0.25, -0.2) is 4.99 Å². The second-order valence-electron chi connectivity index (χ2n) is 5.95. The molecule has 0 unspecified atom stereocenters. The number of nitrogens with zero attached hydrogens (tertiary/aromatic N) is 1. The first-order chi connectivity index (χ1) is 12.7. The van der Waals surface area contributed by atoms with Crippen molar-refractivity contribution in [3.8, 4) is 11.5 Å². The normalized spacial score (nSPS) is 10.7. The maximum absolute atomic E-state index is 5.63. The minimum absolute atomic E-state index is 0. The van der Waals surface area contributed by atoms with Crippen LogP contribution in [0.2, 0.25) is 0 Å². The number of nitrogens with one attached hydrogen (secondary N) is 2. The lowest BCUT2D eigenvalue weighted by Gasteiger charge is -2.13. The van der Waals surface area contributed by atoms with Crippen LogP contribution in [0, 0.1) is 6.92 Å². The lowest BCUT2D eigenvalue weighted by molar-refractivity contribution is 0.310. The number of ether oxygens (including phenoxy) is 2. The van der Waals surface area contributed by atoms with Gasteiger partial charge in [0.1, 0.15) is 0 Å². The summed E-state index contributed by atoms with van der Waals surface area (Å²) >= 11 is 0. The third-order valence-corrected chi connectivity index (χ3v) is 3.87. The third-order valence-electron chi connectivity index (χ3n) is 3.87. The molecule has 2 aromatic rings. The van der Waals surface area contributed by atoms with Crippen molar-refractivity contribution in [1.29, 1.82) is 0 Å². The maximum Gasteiger partial charge on any atom is 0.191 e. The molecule has 2 rings (SSSR count). The van der Waals surface area contributed by atoms with E-state index in [2.05, 4.69) is 53.7 Å². The fourth-order valence-electron chi connectivity index (χ4n) is 2.49. The molecule has 0 saturated carbocycles. The number of hydrogen-bond acceptors (Lipinski definition) is 3. The van der Waals surface area contributed by atoms with E-state index in [1.807, 2.05) is 25.1 Å². The summed E-state index contributed by atoms with van der Waals surface area (Å²) in [7, 11) is 1.65. The maximum atomic E-state index is 5.63. The van der Waals surface area contributed by atoms with Crippen molar-refractivity contribution in [2.45, 2.75) is 33.9 Å². The Morgan fingerprint density at radius 2 is 1.67 bits per heavy atom. The molecule has 6 heteroatoms. The van der Waals surface area contributed by atoms with Crippen molar-refractivity contribution >= 4 is 29.9 Å². The van der Waals surface area contributed by atoms with Gasteiger partial charge in [-0.1, -0.05) is 35.9 Å². The second-order valence-corrected chi connectivity index (χ2v) is 5.95. The Bertz CT molecular complexity index is 718. The van der Waals surface area contributed by atoms with E-state index in [9.17, 15) is 0 Å². The minimum atomic E-state index is 0. The lowest BCUT2D eigenvalue weighted by Crippen LogP contribution is -2.36. The first kappa shape index (κ1) is 23.1. The Hall–Kier alpha value is -1.96. The highest BCUT2D eigenvalue weighted by Gasteiger charge is 2.05. The van der Waals surface area contributed by atoms with Crippen LogP contribution in [-0.4, -0.2) is 26.2 Å². The third kappa shape index (κ3) is 7.66. The van der Waals surface area contributed by atoms with Crippen LogP contribution in [0.5, 0.6) is 11.5 Å². The van der Waals surface area contributed by atoms with Crippen molar-refractivity contribution in [2.75, 3.05) is 20.3 Å². The van der Waals surface area contributed by atoms with Gasteiger partial charge in [0.25, 0.3) is 0 Å². The number of aliphatic imine (C=N–C) groups is 1. The Balaban J connectivity index is 0.00000364. The molecule has 0 aliphatic carbocycles. The Morgan fingerprint density at radius 3 is 2.30 bits per heavy atom. The predicted molar refractivity (Wildman–Crippen MR) is 122 cm³/mol. The van der Waals surface area contributed by atoms with Crippen LogP contribution < -0.4 is 20.1 Å². The summed E-state index contributed by atoms with van der Waals surface area (Å²) in [5, 5.41) is 6.65. The van der Waals surface area contributed by atoms with Gasteiger partial charge in [0.2, 0.25) is 0 Å². The van der Waals surface area contributed by atoms with Crippen LogP contribution >= 0.6 is 24.0 Å². The van der Waals surface area contributed by atoms with Crippen molar-refractivity contribution in [2.24, 2.45) is 4.99 Å². The molecule has 0 aromatic heterocycles. The molecule has 27 heavy (non-hydrogen) atoms. The Kier molecular flexibility index (Phi) is 10.6. The number of benzene rings is 2. The summed E-state index contributed by atoms with van der Waals surface area (Å²) in [6, 6.07) is 14.4. The van der Waals surface area contributed by atoms with Crippen LogP contribution in [0.1, 0.15) is 30.5 Å². The molecular weight excluding hydrogens is 453 g/mol. The molecule has 148 valence electrons. The molecule has 0 saturated heterocycles. The summed E-state index contributed by atoms with van der Waals surface area (Å²) in [6.07, 6.45) is 0. The molecule has 5 nitrogen and oxygen atoms in total. The number of methoxy groups -OCH3 is 1. The predicted octanol–water partition coefficient (Wildman–Crippen LogP) is 4.28. The molecule has 0 bridgehead atoms. The van der Waals surface area contributed by atoms with E-state index in [0.717, 1.165) is 36.1 Å². The zero-order valence-corrected chi connectivity index (χ0v) is 18.9. The van der Waals surface area contributed by atoms with Crippen molar-refractivity contribution in [3.63, 3.8) is 0 Å². The van der Waals surface area contributed by atoms with E-state index in [-0.39, 0.29) is 24.0 Å². The van der Waals surface area contributed by atoms with E-state index in [1.165, 1.54) is 11.1 Å². The van der Waals surface area contributed by atoms with E-state index in [1.54, 1.807) is 7.11 Å². The topological polar surface area (TPSA) is 54.9 Å². The smallest absolute Gasteiger partial charge is 0.191 e. The van der Waals surface area contributed by atoms with E-state index in [0.29, 0.717) is 13.2 Å². The van der Waals surface area contributed by atoms with E-state index < -0.39 is 0 Å². The summed E-state index contributed by atoms with van der Waals surface area (Å²) < 4.78 is 11.0. The monoisotopic (exact) mass is 483 g/mol. The van der Waals surface area contributed by atoms with Crippen LogP contribution in [0.15, 0.2) is 47.5 Å². The first-order valence-electron chi connectivity index (χ1n) is 9.03. The number of rotatable bonds is 8. The van der Waals surface area contributed by atoms with Gasteiger partial charge in [-0.2, -0.15) is 0 Å². The van der Waals surface area contributed by atoms with Crippen molar-refractivity contribution in [1.82, 2.24) is 10.6 Å². The van der Waals surface area contributed by atoms with Crippen molar-refractivity contribution in [3.05, 3.63) is 59.2 Å². The first-order valence-corrected chi connectivity index (χ1v) is 9.03. The Morgan fingerprint density at radius 1 is 0.963 bits per heavy atom. The van der Waals surface area contributed by atoms with Gasteiger partial charge < -0.3 is 20.1 Å². The standard InChI is InChI=1S/C21H29N3O2.HI/c1-5-22-21(23-14-17-9-7-16(3)8-10-17)24-15-18-11-12-19(25-4)20(13-18)26-6-2;/h7-13H,5-6,14-15H2,1-4H3,(H2,22,23,24);1H. The highest BCUT2D eigenvalue weighted by Crippen LogP contribution is 2.28. The average molecular weight is 483 g/mol. The molecule has 0 atom stereocenters. The summed E-state index contributed by atoms with van der Waals surface area (Å²) in [5.74, 6) is 2.28. The van der Waals surface area contributed by atoms with Gasteiger partial charge in [0.15, 0.2) is 17.5 Å². The fourth-order valence-corrected chi connectivity index (χ4v) is 2.49. The van der Waals surface area contributed by atoms with Gasteiger partial charge in [-0.05, 0) is 44.0 Å². The van der Waals surface area contributed by atoms with Gasteiger partial charge in [0, 0.05) is 13.1 Å². The summed E-state index contributed by atoms with van der Waals surface area (Å²) in [6.45, 7) is 8.82. The number of hydrogen-bond donors (Lipinski definition) is 2. The zero-order chi connectivity index (χ0) is 18.8. The molecule has 0 amide bonds. The molecule has 0 radical (unpaired) electrons. The van der Waals surface area contributed by atoms with Crippen LogP contribution in [0.25, 0.3) is 0 Å². The quantitative estimate of drug-likeness (QED) is 0.335. The molecule has 0 heterocycles. The largest absolute Gasteiger partial charge is 0.493 e. The van der Waals surface area contributed by atoms with E-state index >= 15 is 0 Å². The molecule has 0 fully saturated rings. The molecule has 0 aliphatic heterocycles. The van der Waals surface area contributed by atoms with Gasteiger partial charge >= 0.3 is 0 Å². The number of aryl methyl sites for hydroxylation is 1. The van der Waals surface area contributed by atoms with Crippen LogP contribution in [-0.2, 0) is 13.1 Å². The van der Waals surface area contributed by atoms with Crippen LogP contribution in [0.4, 0.5) is 0 Å². The Labute approximate surface area is 179 Å². The number of guanidine groups is 1. The average Bonchev–Trinajstić information content (AvgIpc) is 2.66. The highest BCUT2D eigenvalue weighted by molar-refractivity contribution is 14.0. The second kappa shape index (κ2) is 12.4. The fraction of sp³-hybridized carbons (Fsp3) is 0.381. The van der Waals surface area contributed by atoms with Gasteiger partial charge in [-0.3, -0.25) is 0 Å². The molecule has 2 aromatic carbocycles. The van der Waals surface area contributed by atoms with Crippen molar-refractivity contribution < 1.29 is 9.47 Å².